The van der Waals surface area contributed by atoms with Crippen LogP contribution in [0.5, 0.6) is 5.75 Å². The number of nitrogens with two attached hydrogens (primary N) is 1. The summed E-state index contributed by atoms with van der Waals surface area (Å²) in [4.78, 5) is 0.123. The molecule has 2 rings (SSSR count). The Balaban J connectivity index is 2.12. The highest BCUT2D eigenvalue weighted by Crippen LogP contribution is 2.26. The summed E-state index contributed by atoms with van der Waals surface area (Å²) in [6.07, 6.45) is 1.80. The molecule has 0 amide bonds. The van der Waals surface area contributed by atoms with Gasteiger partial charge in [-0.25, -0.2) is 13.1 Å². The number of methoxy groups -OCH3 is 1. The molecular formula is C13H20N2O4S. The molecule has 1 heterocycles. The Labute approximate surface area is 119 Å². The van der Waals surface area contributed by atoms with E-state index in [-0.39, 0.29) is 11.4 Å². The van der Waals surface area contributed by atoms with Gasteiger partial charge in [-0.05, 0) is 38.0 Å². The minimum absolute atomic E-state index is 0.123. The van der Waals surface area contributed by atoms with E-state index in [1.54, 1.807) is 0 Å². The van der Waals surface area contributed by atoms with Gasteiger partial charge in [0, 0.05) is 13.2 Å². The maximum Gasteiger partial charge on any atom is 0.240 e. The summed E-state index contributed by atoms with van der Waals surface area (Å²) in [7, 11) is -2.12. The van der Waals surface area contributed by atoms with Gasteiger partial charge in [-0.15, -0.1) is 0 Å². The van der Waals surface area contributed by atoms with Gasteiger partial charge in [-0.3, -0.25) is 0 Å². The van der Waals surface area contributed by atoms with Crippen molar-refractivity contribution in [1.29, 1.82) is 0 Å². The van der Waals surface area contributed by atoms with Crippen LogP contribution >= 0.6 is 0 Å². The third kappa shape index (κ3) is 3.23. The Morgan fingerprint density at radius 3 is 2.80 bits per heavy atom. The molecule has 1 aliphatic heterocycles. The molecule has 0 aliphatic carbocycles. The zero-order valence-electron chi connectivity index (χ0n) is 11.7. The Hall–Kier alpha value is -1.31. The van der Waals surface area contributed by atoms with Crippen LogP contribution in [0, 0.1) is 0 Å². The van der Waals surface area contributed by atoms with Crippen LogP contribution in [0.1, 0.15) is 19.8 Å². The average Bonchev–Trinajstić information content (AvgIpc) is 2.84. The monoisotopic (exact) mass is 300 g/mol. The standard InChI is InChI=1S/C13H20N2O4S/c1-13(6-3-7-19-13)9-15-20(16,17)10-4-5-12(18-2)11(14)8-10/h4-5,8,15H,3,6-7,9,14H2,1-2H3. The molecule has 6 nitrogen and oxygen atoms in total. The van der Waals surface area contributed by atoms with Crippen LogP contribution < -0.4 is 15.2 Å². The number of nitrogen functional groups attached to an aromatic ring is 1. The first kappa shape index (κ1) is 15.1. The van der Waals surface area contributed by atoms with Gasteiger partial charge in [-0.2, -0.15) is 0 Å². The second-order valence-electron chi connectivity index (χ2n) is 5.13. The summed E-state index contributed by atoms with van der Waals surface area (Å²) < 4.78 is 37.6. The molecule has 1 aromatic carbocycles. The zero-order chi connectivity index (χ0) is 14.8. The molecule has 7 heteroatoms. The summed E-state index contributed by atoms with van der Waals surface area (Å²) in [5.74, 6) is 0.454. The lowest BCUT2D eigenvalue weighted by molar-refractivity contribution is 0.0250. The van der Waals surface area contributed by atoms with Gasteiger partial charge in [-0.1, -0.05) is 0 Å². The molecule has 0 saturated carbocycles. The van der Waals surface area contributed by atoms with E-state index in [1.165, 1.54) is 25.3 Å². The van der Waals surface area contributed by atoms with Crippen molar-refractivity contribution in [2.45, 2.75) is 30.3 Å². The number of anilines is 1. The van der Waals surface area contributed by atoms with Gasteiger partial charge in [0.25, 0.3) is 0 Å². The van der Waals surface area contributed by atoms with Crippen LogP contribution in [-0.4, -0.2) is 34.3 Å². The second-order valence-corrected chi connectivity index (χ2v) is 6.90. The third-order valence-corrected chi connectivity index (χ3v) is 4.85. The summed E-state index contributed by atoms with van der Waals surface area (Å²) in [6, 6.07) is 4.39. The highest BCUT2D eigenvalue weighted by molar-refractivity contribution is 7.89. The average molecular weight is 300 g/mol. The molecule has 112 valence electrons. The van der Waals surface area contributed by atoms with E-state index in [4.69, 9.17) is 15.2 Å². The number of nitrogens with one attached hydrogen (secondary N) is 1. The lowest BCUT2D eigenvalue weighted by Gasteiger charge is -2.23. The molecule has 0 aromatic heterocycles. The summed E-state index contributed by atoms with van der Waals surface area (Å²) in [6.45, 7) is 2.83. The largest absolute Gasteiger partial charge is 0.495 e. The number of hydrogen-bond donors (Lipinski definition) is 2. The van der Waals surface area contributed by atoms with Crippen molar-refractivity contribution in [2.75, 3.05) is 26.0 Å². The normalized spacial score (nSPS) is 22.9. The van der Waals surface area contributed by atoms with E-state index in [1.807, 2.05) is 6.92 Å². The van der Waals surface area contributed by atoms with Crippen molar-refractivity contribution in [3.8, 4) is 5.75 Å². The topological polar surface area (TPSA) is 90.7 Å². The van der Waals surface area contributed by atoms with Crippen molar-refractivity contribution in [3.63, 3.8) is 0 Å². The fourth-order valence-electron chi connectivity index (χ4n) is 2.19. The minimum atomic E-state index is -3.60. The molecule has 0 radical (unpaired) electrons. The van der Waals surface area contributed by atoms with Crippen LogP contribution in [0.4, 0.5) is 5.69 Å². The Morgan fingerprint density at radius 2 is 2.25 bits per heavy atom. The molecule has 1 aliphatic rings. The fraction of sp³-hybridized carbons (Fsp3) is 0.538. The van der Waals surface area contributed by atoms with E-state index in [0.29, 0.717) is 18.0 Å². The maximum absolute atomic E-state index is 12.2. The first-order valence-corrected chi connectivity index (χ1v) is 7.92. The number of hydrogen-bond acceptors (Lipinski definition) is 5. The van der Waals surface area contributed by atoms with Gasteiger partial charge < -0.3 is 15.2 Å². The summed E-state index contributed by atoms with van der Waals surface area (Å²) >= 11 is 0. The Kier molecular flexibility index (Phi) is 4.22. The molecule has 1 saturated heterocycles. The van der Waals surface area contributed by atoms with E-state index in [2.05, 4.69) is 4.72 Å². The number of rotatable bonds is 5. The van der Waals surface area contributed by atoms with E-state index in [9.17, 15) is 8.42 Å². The van der Waals surface area contributed by atoms with Crippen molar-refractivity contribution in [1.82, 2.24) is 4.72 Å². The lowest BCUT2D eigenvalue weighted by atomic mass is 10.0. The molecule has 1 atom stereocenters. The third-order valence-electron chi connectivity index (χ3n) is 3.45. The van der Waals surface area contributed by atoms with Crippen molar-refractivity contribution >= 4 is 15.7 Å². The molecular weight excluding hydrogens is 280 g/mol. The van der Waals surface area contributed by atoms with Crippen molar-refractivity contribution in [3.05, 3.63) is 18.2 Å². The quantitative estimate of drug-likeness (QED) is 0.795. The number of benzene rings is 1. The predicted molar refractivity (Wildman–Crippen MR) is 76.2 cm³/mol. The first-order valence-electron chi connectivity index (χ1n) is 6.43. The van der Waals surface area contributed by atoms with Crippen LogP contribution in [0.15, 0.2) is 23.1 Å². The van der Waals surface area contributed by atoms with Crippen LogP contribution in [0.2, 0.25) is 0 Å². The minimum Gasteiger partial charge on any atom is -0.495 e. The molecule has 0 bridgehead atoms. The SMILES string of the molecule is COc1ccc(S(=O)(=O)NCC2(C)CCCO2)cc1N. The van der Waals surface area contributed by atoms with Gasteiger partial charge in [0.05, 0.1) is 23.3 Å². The van der Waals surface area contributed by atoms with Crippen LogP contribution in [0.25, 0.3) is 0 Å². The Bertz CT molecular complexity index is 580. The van der Waals surface area contributed by atoms with Gasteiger partial charge in [0.1, 0.15) is 5.75 Å². The zero-order valence-corrected chi connectivity index (χ0v) is 12.5. The maximum atomic E-state index is 12.2. The predicted octanol–water partition coefficient (Wildman–Crippen LogP) is 1.12. The van der Waals surface area contributed by atoms with Crippen LogP contribution in [-0.2, 0) is 14.8 Å². The first-order chi connectivity index (χ1) is 9.36. The van der Waals surface area contributed by atoms with Crippen molar-refractivity contribution in [2.24, 2.45) is 0 Å². The molecule has 20 heavy (non-hydrogen) atoms. The molecule has 0 spiro atoms. The second kappa shape index (κ2) is 5.59. The van der Waals surface area contributed by atoms with E-state index in [0.717, 1.165) is 12.8 Å². The molecule has 1 unspecified atom stereocenters. The van der Waals surface area contributed by atoms with E-state index < -0.39 is 15.6 Å². The lowest BCUT2D eigenvalue weighted by Crippen LogP contribution is -2.40. The fourth-order valence-corrected chi connectivity index (χ4v) is 3.38. The molecule has 1 fully saturated rings. The van der Waals surface area contributed by atoms with Gasteiger partial charge in [0.15, 0.2) is 0 Å². The van der Waals surface area contributed by atoms with Crippen LogP contribution in [0.3, 0.4) is 0 Å². The summed E-state index contributed by atoms with van der Waals surface area (Å²) in [5, 5.41) is 0. The highest BCUT2D eigenvalue weighted by Gasteiger charge is 2.31. The summed E-state index contributed by atoms with van der Waals surface area (Å²) in [5.41, 5.74) is 5.60. The molecule has 1 aromatic rings. The molecule has 3 N–H and O–H groups in total. The van der Waals surface area contributed by atoms with Crippen molar-refractivity contribution < 1.29 is 17.9 Å². The number of sulfonamides is 1. The smallest absolute Gasteiger partial charge is 0.240 e. The van der Waals surface area contributed by atoms with Gasteiger partial charge >= 0.3 is 0 Å². The van der Waals surface area contributed by atoms with E-state index >= 15 is 0 Å². The highest BCUT2D eigenvalue weighted by atomic mass is 32.2. The Morgan fingerprint density at radius 1 is 1.50 bits per heavy atom. The number of ether oxygens (including phenoxy) is 2. The van der Waals surface area contributed by atoms with Gasteiger partial charge in [0.2, 0.25) is 10.0 Å².